The van der Waals surface area contributed by atoms with Crippen molar-refractivity contribution in [3.63, 3.8) is 0 Å². The van der Waals surface area contributed by atoms with Crippen molar-refractivity contribution in [2.45, 2.75) is 32.2 Å². The van der Waals surface area contributed by atoms with Crippen LogP contribution in [0.15, 0.2) is 36.4 Å². The fraction of sp³-hybridized carbons (Fsp3) is 0.421. The number of amides is 1. The van der Waals surface area contributed by atoms with E-state index in [9.17, 15) is 4.79 Å². The zero-order chi connectivity index (χ0) is 17.1. The lowest BCUT2D eigenvalue weighted by Crippen LogP contribution is -2.32. The van der Waals surface area contributed by atoms with Gasteiger partial charge in [-0.15, -0.1) is 5.10 Å². The van der Waals surface area contributed by atoms with Gasteiger partial charge in [0.05, 0.1) is 18.2 Å². The lowest BCUT2D eigenvalue weighted by Gasteiger charge is -2.24. The predicted octanol–water partition coefficient (Wildman–Crippen LogP) is 2.76. The smallest absolute Gasteiger partial charge is 0.227 e. The Labute approximate surface area is 143 Å². The molecule has 2 heterocycles. The molecular formula is C19H24N4O. The fourth-order valence-corrected chi connectivity index (χ4v) is 3.20. The summed E-state index contributed by atoms with van der Waals surface area (Å²) in [6.45, 7) is 2.85. The molecule has 0 spiro atoms. The van der Waals surface area contributed by atoms with E-state index in [4.69, 9.17) is 0 Å². The van der Waals surface area contributed by atoms with Crippen molar-refractivity contribution in [2.75, 3.05) is 25.5 Å². The summed E-state index contributed by atoms with van der Waals surface area (Å²) in [4.78, 5) is 16.7. The maximum Gasteiger partial charge on any atom is 0.227 e. The quantitative estimate of drug-likeness (QED) is 0.868. The van der Waals surface area contributed by atoms with Gasteiger partial charge in [0, 0.05) is 20.6 Å². The molecule has 0 aliphatic carbocycles. The van der Waals surface area contributed by atoms with Gasteiger partial charge in [-0.25, -0.2) is 0 Å². The summed E-state index contributed by atoms with van der Waals surface area (Å²) in [7, 11) is 3.88. The number of anilines is 1. The van der Waals surface area contributed by atoms with Crippen molar-refractivity contribution in [1.29, 1.82) is 0 Å². The van der Waals surface area contributed by atoms with Crippen molar-refractivity contribution >= 4 is 11.7 Å². The molecule has 1 unspecified atom stereocenters. The molecule has 2 aromatic rings. The molecule has 0 radical (unpaired) electrons. The molecule has 1 atom stereocenters. The van der Waals surface area contributed by atoms with Crippen molar-refractivity contribution in [3.05, 3.63) is 53.2 Å². The third-order valence-electron chi connectivity index (χ3n) is 4.65. The summed E-state index contributed by atoms with van der Waals surface area (Å²) >= 11 is 0. The molecule has 126 valence electrons. The zero-order valence-electron chi connectivity index (χ0n) is 14.6. The zero-order valence-corrected chi connectivity index (χ0v) is 14.6. The monoisotopic (exact) mass is 324 g/mol. The number of aromatic nitrogens is 2. The number of nitrogens with zero attached hydrogens (tertiary/aromatic N) is 4. The molecular weight excluding hydrogens is 300 g/mol. The normalized spacial score (nSPS) is 17.1. The molecule has 24 heavy (non-hydrogen) atoms. The Bertz CT molecular complexity index is 712. The van der Waals surface area contributed by atoms with Crippen LogP contribution in [-0.4, -0.2) is 41.6 Å². The van der Waals surface area contributed by atoms with E-state index >= 15 is 0 Å². The highest BCUT2D eigenvalue weighted by Gasteiger charge is 2.31. The first-order valence-corrected chi connectivity index (χ1v) is 8.41. The second-order valence-corrected chi connectivity index (χ2v) is 6.56. The van der Waals surface area contributed by atoms with Crippen LogP contribution in [0.4, 0.5) is 5.82 Å². The fourth-order valence-electron chi connectivity index (χ4n) is 3.20. The third kappa shape index (κ3) is 3.40. The molecule has 3 rings (SSSR count). The summed E-state index contributed by atoms with van der Waals surface area (Å²) in [5.74, 6) is 1.000. The van der Waals surface area contributed by atoms with Crippen molar-refractivity contribution in [1.82, 2.24) is 15.1 Å². The number of rotatable bonds is 4. The average molecular weight is 324 g/mol. The van der Waals surface area contributed by atoms with E-state index in [1.165, 1.54) is 0 Å². The van der Waals surface area contributed by atoms with Gasteiger partial charge in [0.2, 0.25) is 5.91 Å². The molecule has 1 aromatic heterocycles. The van der Waals surface area contributed by atoms with Crippen molar-refractivity contribution in [2.24, 2.45) is 0 Å². The van der Waals surface area contributed by atoms with Gasteiger partial charge in [-0.1, -0.05) is 24.3 Å². The predicted molar refractivity (Wildman–Crippen MR) is 94.9 cm³/mol. The highest BCUT2D eigenvalue weighted by molar-refractivity contribution is 5.79. The molecule has 1 aliphatic heterocycles. The van der Waals surface area contributed by atoms with Gasteiger partial charge in [0.25, 0.3) is 0 Å². The first-order valence-electron chi connectivity index (χ1n) is 8.41. The van der Waals surface area contributed by atoms with E-state index in [-0.39, 0.29) is 11.9 Å². The third-order valence-corrected chi connectivity index (χ3v) is 4.65. The summed E-state index contributed by atoms with van der Waals surface area (Å²) in [5.41, 5.74) is 3.15. The Hall–Kier alpha value is -2.43. The largest absolute Gasteiger partial charge is 0.361 e. The van der Waals surface area contributed by atoms with Gasteiger partial charge < -0.3 is 9.80 Å². The number of carbonyl (C=O) groups is 1. The van der Waals surface area contributed by atoms with Gasteiger partial charge in [0.15, 0.2) is 5.82 Å². The molecule has 1 fully saturated rings. The lowest BCUT2D eigenvalue weighted by atomic mass is 10.0. The second kappa shape index (κ2) is 6.99. The van der Waals surface area contributed by atoms with Gasteiger partial charge in [-0.3, -0.25) is 4.79 Å². The van der Waals surface area contributed by atoms with Crippen LogP contribution in [0.5, 0.6) is 0 Å². The number of likely N-dealkylation sites (tertiary alicyclic amines) is 1. The molecule has 0 N–H and O–H groups in total. The maximum atomic E-state index is 12.8. The lowest BCUT2D eigenvalue weighted by molar-refractivity contribution is -0.131. The molecule has 1 aliphatic rings. The Morgan fingerprint density at radius 1 is 1.21 bits per heavy atom. The van der Waals surface area contributed by atoms with Gasteiger partial charge in [0.1, 0.15) is 0 Å². The van der Waals surface area contributed by atoms with Crippen molar-refractivity contribution < 1.29 is 4.79 Å². The van der Waals surface area contributed by atoms with E-state index in [0.717, 1.165) is 42.0 Å². The van der Waals surface area contributed by atoms with Crippen molar-refractivity contribution in [3.8, 4) is 0 Å². The average Bonchev–Trinajstić information content (AvgIpc) is 3.07. The highest BCUT2D eigenvalue weighted by atomic mass is 16.2. The van der Waals surface area contributed by atoms with E-state index in [1.54, 1.807) is 0 Å². The number of aryl methyl sites for hydroxylation is 1. The van der Waals surface area contributed by atoms with Crippen LogP contribution < -0.4 is 4.90 Å². The number of benzene rings is 1. The maximum absolute atomic E-state index is 12.8. The van der Waals surface area contributed by atoms with E-state index in [1.807, 2.05) is 54.2 Å². The first kappa shape index (κ1) is 16.4. The van der Waals surface area contributed by atoms with Gasteiger partial charge in [-0.2, -0.15) is 5.10 Å². The number of hydrogen-bond acceptors (Lipinski definition) is 4. The van der Waals surface area contributed by atoms with Crippen LogP contribution in [-0.2, 0) is 11.2 Å². The SMILES string of the molecule is Cc1ccccc1CC(=O)N1CCCC1c1ccc(N(C)C)nn1. The number of hydrogen-bond donors (Lipinski definition) is 0. The van der Waals surface area contributed by atoms with Crippen LogP contribution in [0.3, 0.4) is 0 Å². The van der Waals surface area contributed by atoms with E-state index in [2.05, 4.69) is 23.2 Å². The standard InChI is InChI=1S/C19H24N4O/c1-14-7-4-5-8-15(14)13-19(24)23-12-6-9-17(23)16-10-11-18(21-20-16)22(2)3/h4-5,7-8,10-11,17H,6,9,12-13H2,1-3H3. The Morgan fingerprint density at radius 3 is 2.67 bits per heavy atom. The first-order chi connectivity index (χ1) is 11.6. The highest BCUT2D eigenvalue weighted by Crippen LogP contribution is 2.31. The van der Waals surface area contributed by atoms with Crippen LogP contribution in [0.25, 0.3) is 0 Å². The second-order valence-electron chi connectivity index (χ2n) is 6.56. The van der Waals surface area contributed by atoms with Gasteiger partial charge in [-0.05, 0) is 43.0 Å². The molecule has 1 saturated heterocycles. The minimum absolute atomic E-state index is 0.0465. The molecule has 1 aromatic carbocycles. The molecule has 0 saturated carbocycles. The molecule has 5 heteroatoms. The topological polar surface area (TPSA) is 49.3 Å². The van der Waals surface area contributed by atoms with Gasteiger partial charge >= 0.3 is 0 Å². The summed E-state index contributed by atoms with van der Waals surface area (Å²) in [5, 5.41) is 8.61. The van der Waals surface area contributed by atoms with Crippen LogP contribution >= 0.6 is 0 Å². The minimum atomic E-state index is 0.0465. The van der Waals surface area contributed by atoms with Crippen LogP contribution in [0.1, 0.15) is 35.7 Å². The summed E-state index contributed by atoms with van der Waals surface area (Å²) in [6, 6.07) is 12.1. The van der Waals surface area contributed by atoms with Crippen LogP contribution in [0, 0.1) is 6.92 Å². The van der Waals surface area contributed by atoms with E-state index < -0.39 is 0 Å². The summed E-state index contributed by atoms with van der Waals surface area (Å²) in [6.07, 6.45) is 2.42. The molecule has 0 bridgehead atoms. The summed E-state index contributed by atoms with van der Waals surface area (Å²) < 4.78 is 0. The van der Waals surface area contributed by atoms with Crippen LogP contribution in [0.2, 0.25) is 0 Å². The Morgan fingerprint density at radius 2 is 2.00 bits per heavy atom. The Kier molecular flexibility index (Phi) is 4.79. The molecule has 5 nitrogen and oxygen atoms in total. The molecule has 1 amide bonds. The Balaban J connectivity index is 1.75. The minimum Gasteiger partial charge on any atom is -0.361 e. The van der Waals surface area contributed by atoms with E-state index in [0.29, 0.717) is 6.42 Å². The number of carbonyl (C=O) groups excluding carboxylic acids is 1.